The highest BCUT2D eigenvalue weighted by Gasteiger charge is 2.43. The lowest BCUT2D eigenvalue weighted by atomic mass is 9.82. The van der Waals surface area contributed by atoms with Crippen LogP contribution in [-0.2, 0) is 19.4 Å². The maximum Gasteiger partial charge on any atom is 0.157 e. The summed E-state index contributed by atoms with van der Waals surface area (Å²) >= 11 is 0. The number of hydrogen-bond donors (Lipinski definition) is 0. The van der Waals surface area contributed by atoms with Gasteiger partial charge in [-0.2, -0.15) is 0 Å². The molecule has 0 aromatic heterocycles. The molecule has 0 aromatic carbocycles. The Kier molecular flexibility index (Phi) is 3.83. The molecule has 2 atom stereocenters. The molecule has 4 nitrogen and oxygen atoms in total. The van der Waals surface area contributed by atoms with Gasteiger partial charge in [0.05, 0.1) is 5.60 Å². The second-order valence-electron chi connectivity index (χ2n) is 5.80. The normalized spacial score (nSPS) is 29.3. The lowest BCUT2D eigenvalue weighted by Crippen LogP contribution is -2.43. The molecule has 1 heterocycles. The topological polar surface area (TPSA) is 60.4 Å². The van der Waals surface area contributed by atoms with Gasteiger partial charge in [0.2, 0.25) is 0 Å². The number of sulfone groups is 1. The van der Waals surface area contributed by atoms with Gasteiger partial charge in [-0.1, -0.05) is 12.8 Å². The standard InChI is InChI=1S/C13H22O4S/c1-10(18(2,15)16)12(14)11-5-8-17-13(9-11)6-3-4-7-13/h10-11H,3-9H2,1-2H3. The monoisotopic (exact) mass is 274 g/mol. The fourth-order valence-corrected chi connectivity index (χ4v) is 3.80. The van der Waals surface area contributed by atoms with Crippen LogP contribution in [0.2, 0.25) is 0 Å². The van der Waals surface area contributed by atoms with Crippen molar-refractivity contribution in [1.29, 1.82) is 0 Å². The number of ketones is 1. The van der Waals surface area contributed by atoms with E-state index in [0.717, 1.165) is 31.9 Å². The molecule has 2 rings (SSSR count). The minimum atomic E-state index is -3.28. The Balaban J connectivity index is 2.07. The molecule has 2 unspecified atom stereocenters. The van der Waals surface area contributed by atoms with Gasteiger partial charge in [0, 0.05) is 18.8 Å². The van der Waals surface area contributed by atoms with Gasteiger partial charge in [0.15, 0.2) is 15.6 Å². The number of ether oxygens (including phenoxy) is 1. The predicted octanol–water partition coefficient (Wildman–Crippen LogP) is 1.73. The van der Waals surface area contributed by atoms with Crippen LogP contribution in [0.5, 0.6) is 0 Å². The SMILES string of the molecule is CC(C(=O)C1CCOC2(CCCC2)C1)S(C)(=O)=O. The zero-order valence-electron chi connectivity index (χ0n) is 11.1. The molecule has 0 bridgehead atoms. The number of carbonyl (C=O) groups is 1. The second kappa shape index (κ2) is 4.93. The van der Waals surface area contributed by atoms with Crippen molar-refractivity contribution in [3.8, 4) is 0 Å². The van der Waals surface area contributed by atoms with Crippen molar-refractivity contribution in [2.75, 3.05) is 12.9 Å². The molecule has 1 spiro atoms. The lowest BCUT2D eigenvalue weighted by Gasteiger charge is -2.38. The van der Waals surface area contributed by atoms with Crippen molar-refractivity contribution in [2.45, 2.75) is 56.3 Å². The van der Waals surface area contributed by atoms with Crippen LogP contribution in [0.1, 0.15) is 45.4 Å². The first-order valence-corrected chi connectivity index (χ1v) is 8.66. The van der Waals surface area contributed by atoms with Crippen LogP contribution in [0.3, 0.4) is 0 Å². The molecular formula is C13H22O4S. The van der Waals surface area contributed by atoms with Crippen LogP contribution >= 0.6 is 0 Å². The summed E-state index contributed by atoms with van der Waals surface area (Å²) in [7, 11) is -3.28. The van der Waals surface area contributed by atoms with E-state index < -0.39 is 15.1 Å². The fraction of sp³-hybridized carbons (Fsp3) is 0.923. The van der Waals surface area contributed by atoms with Crippen molar-refractivity contribution >= 4 is 15.6 Å². The number of hydrogen-bond acceptors (Lipinski definition) is 4. The summed E-state index contributed by atoms with van der Waals surface area (Å²) in [5.41, 5.74) is -0.129. The van der Waals surface area contributed by atoms with Crippen LogP contribution in [0.4, 0.5) is 0 Å². The van der Waals surface area contributed by atoms with E-state index in [9.17, 15) is 13.2 Å². The van der Waals surface area contributed by atoms with Gasteiger partial charge in [-0.3, -0.25) is 4.79 Å². The molecule has 104 valence electrons. The molecule has 1 aliphatic carbocycles. The van der Waals surface area contributed by atoms with Gasteiger partial charge < -0.3 is 4.74 Å². The highest BCUT2D eigenvalue weighted by atomic mass is 32.2. The Hall–Kier alpha value is -0.420. The van der Waals surface area contributed by atoms with Crippen LogP contribution in [0, 0.1) is 5.92 Å². The molecule has 2 aliphatic rings. The van der Waals surface area contributed by atoms with E-state index in [-0.39, 0.29) is 17.3 Å². The Morgan fingerprint density at radius 1 is 1.33 bits per heavy atom. The van der Waals surface area contributed by atoms with Gasteiger partial charge >= 0.3 is 0 Å². The Morgan fingerprint density at radius 3 is 2.50 bits per heavy atom. The number of carbonyl (C=O) groups excluding carboxylic acids is 1. The zero-order chi connectivity index (χ0) is 13.4. The van der Waals surface area contributed by atoms with Gasteiger partial charge in [-0.05, 0) is 32.6 Å². The molecular weight excluding hydrogens is 252 g/mol. The third-order valence-corrected chi connectivity index (χ3v) is 5.97. The summed E-state index contributed by atoms with van der Waals surface area (Å²) in [6, 6.07) is 0. The molecule has 0 amide bonds. The molecule has 18 heavy (non-hydrogen) atoms. The molecule has 0 radical (unpaired) electrons. The lowest BCUT2D eigenvalue weighted by molar-refractivity contribution is -0.135. The summed E-state index contributed by atoms with van der Waals surface area (Å²) in [5.74, 6) is -0.256. The van der Waals surface area contributed by atoms with E-state index in [4.69, 9.17) is 4.74 Å². The van der Waals surface area contributed by atoms with Crippen molar-refractivity contribution in [3.63, 3.8) is 0 Å². The van der Waals surface area contributed by atoms with Crippen LogP contribution in [0.25, 0.3) is 0 Å². The fourth-order valence-electron chi connectivity index (χ4n) is 3.18. The number of rotatable bonds is 3. The molecule has 1 saturated heterocycles. The molecule has 1 aliphatic heterocycles. The zero-order valence-corrected chi connectivity index (χ0v) is 12.0. The van der Waals surface area contributed by atoms with E-state index in [0.29, 0.717) is 19.4 Å². The van der Waals surface area contributed by atoms with E-state index in [2.05, 4.69) is 0 Å². The number of Topliss-reactive ketones (excluding diaryl/α,β-unsaturated/α-hetero) is 1. The molecule has 1 saturated carbocycles. The third-order valence-electron chi connectivity index (χ3n) is 4.45. The average molecular weight is 274 g/mol. The predicted molar refractivity (Wildman–Crippen MR) is 69.2 cm³/mol. The molecule has 0 N–H and O–H groups in total. The van der Waals surface area contributed by atoms with Crippen molar-refractivity contribution < 1.29 is 17.9 Å². The average Bonchev–Trinajstić information content (AvgIpc) is 2.74. The van der Waals surface area contributed by atoms with Crippen LogP contribution in [-0.4, -0.2) is 37.9 Å². The third kappa shape index (κ3) is 2.77. The molecule has 5 heteroatoms. The minimum Gasteiger partial charge on any atom is -0.375 e. The van der Waals surface area contributed by atoms with Crippen molar-refractivity contribution in [1.82, 2.24) is 0 Å². The maximum atomic E-state index is 12.3. The highest BCUT2D eigenvalue weighted by molar-refractivity contribution is 7.92. The largest absolute Gasteiger partial charge is 0.375 e. The Labute approximate surface area is 109 Å². The first kappa shape index (κ1) is 14.0. The summed E-state index contributed by atoms with van der Waals surface area (Å²) in [4.78, 5) is 12.3. The van der Waals surface area contributed by atoms with Gasteiger partial charge in [0.1, 0.15) is 5.25 Å². The Morgan fingerprint density at radius 2 is 1.94 bits per heavy atom. The Bertz CT molecular complexity index is 420. The van der Waals surface area contributed by atoms with E-state index in [1.54, 1.807) is 0 Å². The summed E-state index contributed by atoms with van der Waals surface area (Å²) < 4.78 is 28.8. The minimum absolute atomic E-state index is 0.118. The summed E-state index contributed by atoms with van der Waals surface area (Å²) in [6.07, 6.45) is 6.87. The smallest absolute Gasteiger partial charge is 0.157 e. The first-order chi connectivity index (χ1) is 8.34. The maximum absolute atomic E-state index is 12.3. The molecule has 2 fully saturated rings. The van der Waals surface area contributed by atoms with Crippen LogP contribution in [0.15, 0.2) is 0 Å². The first-order valence-electron chi connectivity index (χ1n) is 6.71. The van der Waals surface area contributed by atoms with E-state index >= 15 is 0 Å². The van der Waals surface area contributed by atoms with Gasteiger partial charge in [-0.25, -0.2) is 8.42 Å². The summed E-state index contributed by atoms with van der Waals surface area (Å²) in [5, 5.41) is -0.876. The second-order valence-corrected chi connectivity index (χ2v) is 8.17. The van der Waals surface area contributed by atoms with E-state index in [1.165, 1.54) is 6.92 Å². The van der Waals surface area contributed by atoms with Gasteiger partial charge in [-0.15, -0.1) is 0 Å². The summed E-state index contributed by atoms with van der Waals surface area (Å²) in [6.45, 7) is 2.10. The molecule has 0 aromatic rings. The van der Waals surface area contributed by atoms with Gasteiger partial charge in [0.25, 0.3) is 0 Å². The van der Waals surface area contributed by atoms with Crippen molar-refractivity contribution in [3.05, 3.63) is 0 Å². The van der Waals surface area contributed by atoms with Crippen molar-refractivity contribution in [2.24, 2.45) is 5.92 Å². The van der Waals surface area contributed by atoms with Crippen LogP contribution < -0.4 is 0 Å². The van der Waals surface area contributed by atoms with E-state index in [1.807, 2.05) is 0 Å². The quantitative estimate of drug-likeness (QED) is 0.786. The highest BCUT2D eigenvalue weighted by Crippen LogP contribution is 2.42.